The van der Waals surface area contributed by atoms with Crippen molar-refractivity contribution in [3.05, 3.63) is 113 Å². The molecule has 1 aliphatic rings. The molecule has 7 heteroatoms. The lowest BCUT2D eigenvalue weighted by Gasteiger charge is -2.12. The van der Waals surface area contributed by atoms with Crippen molar-refractivity contribution in [2.45, 2.75) is 20.0 Å². The number of rotatable bonds is 8. The Morgan fingerprint density at radius 3 is 2.53 bits per heavy atom. The van der Waals surface area contributed by atoms with Crippen LogP contribution in [0.15, 0.2) is 95.9 Å². The highest BCUT2D eigenvalue weighted by Gasteiger charge is 2.36. The number of nitrogens with zero attached hydrogens (tertiary/aromatic N) is 1. The molecule has 1 aliphatic heterocycles. The number of amides is 3. The molecule has 4 aromatic carbocycles. The fourth-order valence-electron chi connectivity index (χ4n) is 4.23. The molecule has 0 aliphatic carbocycles. The molecular weight excluding hydrogens is 496 g/mol. The normalized spacial score (nSPS) is 14.3. The molecule has 0 radical (unpaired) electrons. The molecule has 4 aromatic rings. The van der Waals surface area contributed by atoms with Gasteiger partial charge < -0.3 is 10.1 Å². The zero-order chi connectivity index (χ0) is 26.5. The van der Waals surface area contributed by atoms with Crippen LogP contribution in [0.5, 0.6) is 5.75 Å². The average Bonchev–Trinajstić information content (AvgIpc) is 3.19. The van der Waals surface area contributed by atoms with Gasteiger partial charge in [0.1, 0.15) is 18.9 Å². The average molecular weight is 523 g/mol. The second-order valence-electron chi connectivity index (χ2n) is 8.87. The largest absolute Gasteiger partial charge is 0.489 e. The molecule has 1 heterocycles. The van der Waals surface area contributed by atoms with Gasteiger partial charge in [0.15, 0.2) is 0 Å². The number of carbonyl (C=O) groups excluding carboxylic acids is 3. The Morgan fingerprint density at radius 1 is 0.947 bits per heavy atom. The van der Waals surface area contributed by atoms with Crippen molar-refractivity contribution >= 4 is 51.4 Å². The third-order valence-corrected chi connectivity index (χ3v) is 7.16. The molecule has 0 unspecified atom stereocenters. The van der Waals surface area contributed by atoms with Crippen LogP contribution in [0.1, 0.15) is 23.6 Å². The van der Waals surface area contributed by atoms with Gasteiger partial charge in [0.2, 0.25) is 5.91 Å². The quantitative estimate of drug-likeness (QED) is 0.262. The molecule has 0 aromatic heterocycles. The first-order chi connectivity index (χ1) is 18.5. The molecule has 1 N–H and O–H groups in total. The van der Waals surface area contributed by atoms with Crippen molar-refractivity contribution in [3.8, 4) is 5.75 Å². The Balaban J connectivity index is 1.23. The van der Waals surface area contributed by atoms with Crippen LogP contribution in [-0.4, -0.2) is 28.5 Å². The van der Waals surface area contributed by atoms with Crippen LogP contribution >= 0.6 is 11.8 Å². The van der Waals surface area contributed by atoms with Gasteiger partial charge in [-0.15, -0.1) is 0 Å². The summed E-state index contributed by atoms with van der Waals surface area (Å²) in [5.41, 5.74) is 3.58. The van der Waals surface area contributed by atoms with E-state index in [0.29, 0.717) is 18.0 Å². The van der Waals surface area contributed by atoms with E-state index in [2.05, 4.69) is 30.4 Å². The maximum Gasteiger partial charge on any atom is 0.294 e. The van der Waals surface area contributed by atoms with Crippen molar-refractivity contribution in [2.75, 3.05) is 11.9 Å². The van der Waals surface area contributed by atoms with Crippen LogP contribution in [0.4, 0.5) is 10.5 Å². The summed E-state index contributed by atoms with van der Waals surface area (Å²) < 4.78 is 6.05. The monoisotopic (exact) mass is 522 g/mol. The predicted molar refractivity (Wildman–Crippen MR) is 152 cm³/mol. The number of anilines is 1. The second kappa shape index (κ2) is 11.4. The summed E-state index contributed by atoms with van der Waals surface area (Å²) in [5.74, 6) is -0.264. The number of thioether (sulfide) groups is 1. The van der Waals surface area contributed by atoms with Gasteiger partial charge >= 0.3 is 0 Å². The van der Waals surface area contributed by atoms with Gasteiger partial charge in [0, 0.05) is 5.69 Å². The minimum Gasteiger partial charge on any atom is -0.489 e. The number of nitrogens with one attached hydrogen (secondary N) is 1. The van der Waals surface area contributed by atoms with E-state index in [-0.39, 0.29) is 11.4 Å². The van der Waals surface area contributed by atoms with Gasteiger partial charge in [0.25, 0.3) is 11.1 Å². The maximum atomic E-state index is 12.9. The van der Waals surface area contributed by atoms with Gasteiger partial charge in [0.05, 0.1) is 4.91 Å². The number of benzene rings is 4. The number of fused-ring (bicyclic) bond motifs is 1. The SMILES string of the molecule is CCc1ccc(NC(=O)CN2C(=O)S/C(=C/c3cccc(OCc4cccc5ccccc45)c3)C2=O)cc1. The molecule has 0 bridgehead atoms. The summed E-state index contributed by atoms with van der Waals surface area (Å²) in [6, 6.07) is 29.1. The van der Waals surface area contributed by atoms with Gasteiger partial charge in [-0.05, 0) is 76.0 Å². The van der Waals surface area contributed by atoms with Crippen LogP contribution in [-0.2, 0) is 22.6 Å². The van der Waals surface area contributed by atoms with Crippen molar-refractivity contribution in [2.24, 2.45) is 0 Å². The molecule has 0 saturated carbocycles. The minimum atomic E-state index is -0.487. The topological polar surface area (TPSA) is 75.7 Å². The van der Waals surface area contributed by atoms with Crippen molar-refractivity contribution in [1.29, 1.82) is 0 Å². The van der Waals surface area contributed by atoms with E-state index in [1.54, 1.807) is 18.2 Å². The summed E-state index contributed by atoms with van der Waals surface area (Å²) in [7, 11) is 0. The lowest BCUT2D eigenvalue weighted by molar-refractivity contribution is -0.127. The number of ether oxygens (including phenoxy) is 1. The Bertz CT molecular complexity index is 1540. The highest BCUT2D eigenvalue weighted by molar-refractivity contribution is 8.18. The standard InChI is InChI=1S/C31H26N2O4S/c1-2-21-13-15-25(16-14-21)32-29(34)19-33-30(35)28(38-31(33)36)18-22-7-5-11-26(17-22)37-20-24-10-6-9-23-8-3-4-12-27(23)24/h3-18H,2,19-20H2,1H3,(H,32,34)/b28-18+. The molecule has 38 heavy (non-hydrogen) atoms. The Labute approximate surface area is 225 Å². The van der Waals surface area contributed by atoms with Gasteiger partial charge in [-0.25, -0.2) is 0 Å². The summed E-state index contributed by atoms with van der Waals surface area (Å²) in [5, 5.41) is 4.56. The third kappa shape index (κ3) is 5.79. The Kier molecular flexibility index (Phi) is 7.56. The van der Waals surface area contributed by atoms with E-state index in [4.69, 9.17) is 4.74 Å². The summed E-state index contributed by atoms with van der Waals surface area (Å²) >= 11 is 0.825. The Morgan fingerprint density at radius 2 is 1.71 bits per heavy atom. The van der Waals surface area contributed by atoms with Crippen LogP contribution in [0, 0.1) is 0 Å². The number of imide groups is 1. The molecular formula is C31H26N2O4S. The van der Waals surface area contributed by atoms with E-state index in [9.17, 15) is 14.4 Å². The number of hydrogen-bond acceptors (Lipinski definition) is 5. The lowest BCUT2D eigenvalue weighted by Crippen LogP contribution is -2.36. The molecule has 0 spiro atoms. The lowest BCUT2D eigenvalue weighted by atomic mass is 10.1. The summed E-state index contributed by atoms with van der Waals surface area (Å²) in [6.45, 7) is 2.11. The minimum absolute atomic E-state index is 0.265. The van der Waals surface area contributed by atoms with E-state index >= 15 is 0 Å². The highest BCUT2D eigenvalue weighted by atomic mass is 32.2. The third-order valence-electron chi connectivity index (χ3n) is 6.25. The second-order valence-corrected chi connectivity index (χ2v) is 9.86. The summed E-state index contributed by atoms with van der Waals surface area (Å²) in [4.78, 5) is 39.2. The first-order valence-corrected chi connectivity index (χ1v) is 13.2. The van der Waals surface area contributed by atoms with Crippen molar-refractivity contribution < 1.29 is 19.1 Å². The molecule has 5 rings (SSSR count). The first-order valence-electron chi connectivity index (χ1n) is 12.3. The molecule has 3 amide bonds. The summed E-state index contributed by atoms with van der Waals surface area (Å²) in [6.07, 6.45) is 2.55. The molecule has 1 saturated heterocycles. The molecule has 1 fully saturated rings. The maximum absolute atomic E-state index is 12.9. The molecule has 6 nitrogen and oxygen atoms in total. The van der Waals surface area contributed by atoms with E-state index < -0.39 is 17.1 Å². The van der Waals surface area contributed by atoms with Crippen LogP contribution < -0.4 is 10.1 Å². The highest BCUT2D eigenvalue weighted by Crippen LogP contribution is 2.32. The fourth-order valence-corrected chi connectivity index (χ4v) is 5.07. The molecule has 0 atom stereocenters. The predicted octanol–water partition coefficient (Wildman–Crippen LogP) is 6.66. The van der Waals surface area contributed by atoms with E-state index in [1.165, 1.54) is 0 Å². The Hall–Kier alpha value is -4.36. The van der Waals surface area contributed by atoms with Crippen molar-refractivity contribution in [1.82, 2.24) is 4.90 Å². The van der Waals surface area contributed by atoms with Gasteiger partial charge in [-0.2, -0.15) is 0 Å². The van der Waals surface area contributed by atoms with Gasteiger partial charge in [-0.1, -0.05) is 73.7 Å². The fraction of sp³-hybridized carbons (Fsp3) is 0.129. The van der Waals surface area contributed by atoms with Crippen LogP contribution in [0.25, 0.3) is 16.8 Å². The number of aryl methyl sites for hydroxylation is 1. The zero-order valence-corrected chi connectivity index (χ0v) is 21.7. The van der Waals surface area contributed by atoms with Crippen LogP contribution in [0.2, 0.25) is 0 Å². The number of carbonyl (C=O) groups is 3. The molecule has 190 valence electrons. The van der Waals surface area contributed by atoms with Crippen LogP contribution in [0.3, 0.4) is 0 Å². The van der Waals surface area contributed by atoms with E-state index in [0.717, 1.165) is 50.5 Å². The zero-order valence-electron chi connectivity index (χ0n) is 20.8. The first kappa shape index (κ1) is 25.3. The smallest absolute Gasteiger partial charge is 0.294 e. The van der Waals surface area contributed by atoms with Crippen molar-refractivity contribution in [3.63, 3.8) is 0 Å². The van der Waals surface area contributed by atoms with Gasteiger partial charge in [-0.3, -0.25) is 19.3 Å². The number of hydrogen-bond donors (Lipinski definition) is 1. The van der Waals surface area contributed by atoms with E-state index in [1.807, 2.05) is 60.7 Å².